The second kappa shape index (κ2) is 6.24. The van der Waals surface area contributed by atoms with Crippen LogP contribution in [0.3, 0.4) is 0 Å². The minimum absolute atomic E-state index is 0.729. The van der Waals surface area contributed by atoms with Crippen molar-refractivity contribution in [3.8, 4) is 0 Å². The van der Waals surface area contributed by atoms with Gasteiger partial charge in [-0.25, -0.2) is 0 Å². The number of hydrogen-bond acceptors (Lipinski definition) is 2. The smallest absolute Gasteiger partial charge is 0.0486 e. The minimum Gasteiger partial charge on any atom is -0.344 e. The van der Waals surface area contributed by atoms with Crippen LogP contribution < -0.4 is 0 Å². The Morgan fingerprint density at radius 2 is 1.92 bits per heavy atom. The molecule has 6 rings (SSSR count). The summed E-state index contributed by atoms with van der Waals surface area (Å²) in [5, 5.41) is 1.49. The Bertz CT molecular complexity index is 944. The van der Waals surface area contributed by atoms with Gasteiger partial charge in [-0.05, 0) is 75.5 Å². The average Bonchev–Trinajstić information content (AvgIpc) is 2.78. The Kier molecular flexibility index (Phi) is 3.86. The number of aryl methyl sites for hydroxylation is 4. The van der Waals surface area contributed by atoms with Crippen LogP contribution in [-0.2, 0) is 19.5 Å². The van der Waals surface area contributed by atoms with E-state index in [4.69, 9.17) is 0 Å². The van der Waals surface area contributed by atoms with Crippen LogP contribution in [0.4, 0.5) is 0 Å². The molecule has 1 aromatic carbocycles. The maximum atomic E-state index is 4.48. The topological polar surface area (TPSA) is 21.1 Å². The predicted octanol–water partition coefficient (Wildman–Crippen LogP) is 4.59. The van der Waals surface area contributed by atoms with Gasteiger partial charge in [0, 0.05) is 47.5 Å². The number of aromatic nitrogens is 2. The van der Waals surface area contributed by atoms with Crippen LogP contribution >= 0.6 is 0 Å². The zero-order valence-corrected chi connectivity index (χ0v) is 15.8. The lowest BCUT2D eigenvalue weighted by Crippen LogP contribution is -2.29. The van der Waals surface area contributed by atoms with Gasteiger partial charge in [-0.1, -0.05) is 17.7 Å². The van der Waals surface area contributed by atoms with E-state index in [1.165, 1.54) is 48.0 Å². The molecule has 0 saturated carbocycles. The quantitative estimate of drug-likeness (QED) is 0.692. The summed E-state index contributed by atoms with van der Waals surface area (Å²) >= 11 is 0. The van der Waals surface area contributed by atoms with E-state index in [-0.39, 0.29) is 0 Å². The second-order valence-corrected chi connectivity index (χ2v) is 8.14. The van der Waals surface area contributed by atoms with Crippen molar-refractivity contribution in [2.24, 2.45) is 0 Å². The molecule has 5 heterocycles. The Morgan fingerprint density at radius 1 is 1.08 bits per heavy atom. The molecule has 3 nitrogen and oxygen atoms in total. The van der Waals surface area contributed by atoms with Crippen molar-refractivity contribution in [1.29, 1.82) is 0 Å². The predicted molar refractivity (Wildman–Crippen MR) is 107 cm³/mol. The molecule has 0 unspecified atom stereocenters. The fourth-order valence-electron chi connectivity index (χ4n) is 4.91. The van der Waals surface area contributed by atoms with Crippen molar-refractivity contribution in [3.63, 3.8) is 0 Å². The Hall–Kier alpha value is -2.13. The molecule has 0 amide bonds. The first-order chi connectivity index (χ1) is 12.7. The summed E-state index contributed by atoms with van der Waals surface area (Å²) in [6.07, 6.45) is 5.72. The molecule has 3 aromatic rings. The summed E-state index contributed by atoms with van der Waals surface area (Å²) in [7, 11) is 0. The van der Waals surface area contributed by atoms with Gasteiger partial charge in [0.15, 0.2) is 0 Å². The van der Waals surface area contributed by atoms with Gasteiger partial charge in [0.05, 0.1) is 0 Å². The molecule has 2 bridgehead atoms. The van der Waals surface area contributed by atoms with Gasteiger partial charge in [-0.3, -0.25) is 9.88 Å². The van der Waals surface area contributed by atoms with Crippen LogP contribution in [-0.4, -0.2) is 27.5 Å². The lowest BCUT2D eigenvalue weighted by Gasteiger charge is -2.27. The lowest BCUT2D eigenvalue weighted by molar-refractivity contribution is 0.219. The third-order valence-electron chi connectivity index (χ3n) is 6.32. The summed E-state index contributed by atoms with van der Waals surface area (Å²) in [5.74, 6) is 0.729. The third-order valence-corrected chi connectivity index (χ3v) is 6.32. The van der Waals surface area contributed by atoms with Gasteiger partial charge in [0.2, 0.25) is 0 Å². The van der Waals surface area contributed by atoms with E-state index in [2.05, 4.69) is 58.6 Å². The first kappa shape index (κ1) is 16.1. The molecule has 3 heteroatoms. The number of piperidine rings is 1. The SMILES string of the molecule is Cc1ccc2c(c1)c1c(n2CCc2ccc(C)nc2)C2CCN(CC2)C1. The molecule has 2 aromatic heterocycles. The van der Waals surface area contributed by atoms with E-state index in [0.717, 1.165) is 31.1 Å². The van der Waals surface area contributed by atoms with E-state index in [0.29, 0.717) is 0 Å². The Balaban J connectivity index is 1.59. The highest BCUT2D eigenvalue weighted by Gasteiger charge is 2.32. The summed E-state index contributed by atoms with van der Waals surface area (Å²) in [6.45, 7) is 8.97. The summed E-state index contributed by atoms with van der Waals surface area (Å²) in [4.78, 5) is 7.13. The number of rotatable bonds is 3. The molecule has 134 valence electrons. The highest BCUT2D eigenvalue weighted by atomic mass is 15.1. The highest BCUT2D eigenvalue weighted by Crippen LogP contribution is 2.41. The second-order valence-electron chi connectivity index (χ2n) is 8.14. The van der Waals surface area contributed by atoms with Crippen molar-refractivity contribution in [2.75, 3.05) is 13.1 Å². The van der Waals surface area contributed by atoms with Crippen molar-refractivity contribution in [1.82, 2.24) is 14.5 Å². The first-order valence-electron chi connectivity index (χ1n) is 9.94. The van der Waals surface area contributed by atoms with E-state index in [1.807, 2.05) is 6.20 Å². The van der Waals surface area contributed by atoms with E-state index in [1.54, 1.807) is 11.3 Å². The summed E-state index contributed by atoms with van der Waals surface area (Å²) in [5.41, 5.74) is 8.45. The normalized spacial score (nSPS) is 21.8. The fourth-order valence-corrected chi connectivity index (χ4v) is 4.91. The monoisotopic (exact) mass is 345 g/mol. The van der Waals surface area contributed by atoms with E-state index < -0.39 is 0 Å². The molecule has 1 fully saturated rings. The Labute approximate surface area is 155 Å². The van der Waals surface area contributed by atoms with Gasteiger partial charge < -0.3 is 4.57 Å². The van der Waals surface area contributed by atoms with Crippen molar-refractivity contribution < 1.29 is 0 Å². The summed E-state index contributed by atoms with van der Waals surface area (Å²) < 4.78 is 2.64. The van der Waals surface area contributed by atoms with E-state index >= 15 is 0 Å². The molecule has 3 aliphatic heterocycles. The van der Waals surface area contributed by atoms with Crippen LogP contribution in [0.5, 0.6) is 0 Å². The summed E-state index contributed by atoms with van der Waals surface area (Å²) in [6, 6.07) is 11.4. The zero-order chi connectivity index (χ0) is 17.7. The molecule has 0 aliphatic carbocycles. The van der Waals surface area contributed by atoms with Gasteiger partial charge in [-0.15, -0.1) is 0 Å². The van der Waals surface area contributed by atoms with Crippen LogP contribution in [0.2, 0.25) is 0 Å². The maximum absolute atomic E-state index is 4.48. The number of fused-ring (bicyclic) bond motifs is 3. The van der Waals surface area contributed by atoms with Gasteiger partial charge >= 0.3 is 0 Å². The molecule has 26 heavy (non-hydrogen) atoms. The fraction of sp³-hybridized carbons (Fsp3) is 0.435. The molecule has 0 atom stereocenters. The van der Waals surface area contributed by atoms with Crippen molar-refractivity contribution in [3.05, 3.63) is 64.6 Å². The van der Waals surface area contributed by atoms with Crippen LogP contribution in [0, 0.1) is 13.8 Å². The van der Waals surface area contributed by atoms with Crippen LogP contribution in [0.15, 0.2) is 36.5 Å². The average molecular weight is 345 g/mol. The van der Waals surface area contributed by atoms with Crippen LogP contribution in [0.1, 0.15) is 46.8 Å². The number of pyridine rings is 1. The molecular formula is C23H27N3. The van der Waals surface area contributed by atoms with Gasteiger partial charge in [0.25, 0.3) is 0 Å². The van der Waals surface area contributed by atoms with Crippen molar-refractivity contribution >= 4 is 10.9 Å². The van der Waals surface area contributed by atoms with Crippen LogP contribution in [0.25, 0.3) is 10.9 Å². The number of nitrogens with zero attached hydrogens (tertiary/aromatic N) is 3. The third kappa shape index (κ3) is 2.66. The maximum Gasteiger partial charge on any atom is 0.0486 e. The van der Waals surface area contributed by atoms with Gasteiger partial charge in [0.1, 0.15) is 0 Å². The van der Waals surface area contributed by atoms with Gasteiger partial charge in [-0.2, -0.15) is 0 Å². The highest BCUT2D eigenvalue weighted by molar-refractivity contribution is 5.86. The molecule has 1 saturated heterocycles. The largest absolute Gasteiger partial charge is 0.344 e. The molecule has 0 spiro atoms. The standard InChI is InChI=1S/C23H27N3/c1-16-3-6-22-20(13-16)21-15-25-10-8-19(9-11-25)23(21)26(22)12-7-18-5-4-17(2)24-14-18/h3-6,13-14,19H,7-12,15H2,1-2H3. The Morgan fingerprint density at radius 3 is 2.69 bits per heavy atom. The number of benzene rings is 1. The molecular weight excluding hydrogens is 318 g/mol. The van der Waals surface area contributed by atoms with Crippen molar-refractivity contribution in [2.45, 2.75) is 52.1 Å². The minimum atomic E-state index is 0.729. The first-order valence-corrected chi connectivity index (χ1v) is 9.94. The molecule has 0 radical (unpaired) electrons. The lowest BCUT2D eigenvalue weighted by atomic mass is 9.94. The number of hydrogen-bond donors (Lipinski definition) is 0. The van der Waals surface area contributed by atoms with E-state index in [9.17, 15) is 0 Å². The molecule has 0 N–H and O–H groups in total. The molecule has 3 aliphatic rings. The zero-order valence-electron chi connectivity index (χ0n) is 15.8.